The van der Waals surface area contributed by atoms with Crippen molar-refractivity contribution in [3.8, 4) is 0 Å². The number of carbonyl (C=O) groups excluding carboxylic acids is 1. The van der Waals surface area contributed by atoms with Crippen LogP contribution in [0.15, 0.2) is 16.7 Å². The van der Waals surface area contributed by atoms with E-state index < -0.39 is 34.6 Å². The minimum absolute atomic E-state index is 0.00779. The number of hydroxylamine groups is 2. The molecule has 0 radical (unpaired) electrons. The molecule has 2 bridgehead atoms. The average molecular weight is 415 g/mol. The van der Waals surface area contributed by atoms with Crippen molar-refractivity contribution in [3.63, 3.8) is 0 Å². The van der Waals surface area contributed by atoms with E-state index in [4.69, 9.17) is 8.97 Å². The molecule has 2 saturated heterocycles. The van der Waals surface area contributed by atoms with Crippen molar-refractivity contribution >= 4 is 16.4 Å². The Hall–Kier alpha value is -2.22. The minimum Gasteiger partial charge on any atom is -0.420 e. The molecule has 1 spiro atoms. The summed E-state index contributed by atoms with van der Waals surface area (Å²) < 4.78 is 41.4. The number of carbonyl (C=O) groups is 1. The number of hydrogen-bond acceptors (Lipinski definition) is 9. The summed E-state index contributed by atoms with van der Waals surface area (Å²) in [5.41, 5.74) is 0.349. The molecule has 1 saturated carbocycles. The molecular formula is C15H21N5O7S. The Labute approximate surface area is 161 Å². The summed E-state index contributed by atoms with van der Waals surface area (Å²) in [7, 11) is -4.82. The maximum Gasteiger partial charge on any atom is 0.418 e. The van der Waals surface area contributed by atoms with Gasteiger partial charge in [0.2, 0.25) is 11.8 Å². The molecule has 3 fully saturated rings. The molecule has 1 unspecified atom stereocenters. The molecule has 1 aromatic rings. The lowest BCUT2D eigenvalue weighted by atomic mass is 9.85. The zero-order chi connectivity index (χ0) is 20.3. The molecule has 0 aromatic carbocycles. The Morgan fingerprint density at radius 1 is 1.50 bits per heavy atom. The van der Waals surface area contributed by atoms with Crippen LogP contribution >= 0.6 is 0 Å². The fourth-order valence-electron chi connectivity index (χ4n) is 3.91. The molecule has 1 aliphatic carbocycles. The second-order valence-corrected chi connectivity index (χ2v) is 8.52. The smallest absolute Gasteiger partial charge is 0.418 e. The van der Waals surface area contributed by atoms with Gasteiger partial charge in [-0.1, -0.05) is 6.58 Å². The molecule has 4 rings (SSSR count). The molecule has 2 aliphatic heterocycles. The number of rotatable bonds is 7. The van der Waals surface area contributed by atoms with Crippen LogP contribution < -0.4 is 5.32 Å². The monoisotopic (exact) mass is 415 g/mol. The predicted octanol–water partition coefficient (Wildman–Crippen LogP) is 0.292. The highest BCUT2D eigenvalue weighted by atomic mass is 32.3. The topological polar surface area (TPSA) is 158 Å². The Morgan fingerprint density at radius 3 is 2.82 bits per heavy atom. The second-order valence-electron chi connectivity index (χ2n) is 7.52. The standard InChI is InChI=1S/C15H21N5O7S/c1-8(2)16-6-10(21)13-18-17-12(26-13)9-5-15(3-4-15)11-7-19(9)14(22)20(11)27-28(23,24)25/h9-11,16,21H,1,3-7H2,2H3,(H,23,24,25)/t9-,10?,11-/m0/s1. The van der Waals surface area contributed by atoms with Crippen molar-refractivity contribution < 1.29 is 31.6 Å². The van der Waals surface area contributed by atoms with Gasteiger partial charge in [-0.3, -0.25) is 4.55 Å². The van der Waals surface area contributed by atoms with E-state index in [2.05, 4.69) is 26.4 Å². The summed E-state index contributed by atoms with van der Waals surface area (Å²) in [5.74, 6) is 0.171. The van der Waals surface area contributed by atoms with Crippen LogP contribution in [0, 0.1) is 5.41 Å². The molecular weight excluding hydrogens is 394 g/mol. The summed E-state index contributed by atoms with van der Waals surface area (Å²) in [6.07, 6.45) is 1.02. The van der Waals surface area contributed by atoms with Crippen molar-refractivity contribution in [3.05, 3.63) is 24.1 Å². The van der Waals surface area contributed by atoms with E-state index in [0.29, 0.717) is 12.1 Å². The lowest BCUT2D eigenvalue weighted by Gasteiger charge is -2.34. The summed E-state index contributed by atoms with van der Waals surface area (Å²) in [6.45, 7) is 5.79. The van der Waals surface area contributed by atoms with Gasteiger partial charge in [0.05, 0.1) is 6.04 Å². The molecule has 3 heterocycles. The van der Waals surface area contributed by atoms with E-state index in [0.717, 1.165) is 17.9 Å². The van der Waals surface area contributed by atoms with Gasteiger partial charge in [-0.05, 0) is 31.6 Å². The Kier molecular flexibility index (Phi) is 4.37. The number of urea groups is 1. The van der Waals surface area contributed by atoms with Crippen LogP contribution in [0.25, 0.3) is 0 Å². The summed E-state index contributed by atoms with van der Waals surface area (Å²) in [4.78, 5) is 14.1. The zero-order valence-corrected chi connectivity index (χ0v) is 15.9. The van der Waals surface area contributed by atoms with E-state index in [1.165, 1.54) is 4.90 Å². The Morgan fingerprint density at radius 2 is 2.21 bits per heavy atom. The van der Waals surface area contributed by atoms with E-state index >= 15 is 0 Å². The molecule has 154 valence electrons. The van der Waals surface area contributed by atoms with Gasteiger partial charge in [-0.25, -0.2) is 4.79 Å². The second kappa shape index (κ2) is 6.40. The molecule has 3 atom stereocenters. The van der Waals surface area contributed by atoms with E-state index in [9.17, 15) is 18.3 Å². The van der Waals surface area contributed by atoms with Gasteiger partial charge < -0.3 is 19.7 Å². The number of nitrogens with zero attached hydrogens (tertiary/aromatic N) is 4. The first-order chi connectivity index (χ1) is 13.1. The molecule has 2 amide bonds. The molecule has 3 aliphatic rings. The summed E-state index contributed by atoms with van der Waals surface area (Å²) in [6, 6.07) is -1.74. The third kappa shape index (κ3) is 3.34. The van der Waals surface area contributed by atoms with Gasteiger partial charge in [0.1, 0.15) is 12.1 Å². The number of hydrogen-bond donors (Lipinski definition) is 3. The van der Waals surface area contributed by atoms with E-state index in [-0.39, 0.29) is 30.3 Å². The van der Waals surface area contributed by atoms with Gasteiger partial charge >= 0.3 is 16.4 Å². The van der Waals surface area contributed by atoms with Crippen molar-refractivity contribution in [2.75, 3.05) is 13.1 Å². The first-order valence-electron chi connectivity index (χ1n) is 8.77. The largest absolute Gasteiger partial charge is 0.420 e. The Balaban J connectivity index is 1.56. The van der Waals surface area contributed by atoms with Gasteiger partial charge in [0, 0.05) is 18.8 Å². The number of nitrogens with one attached hydrogen (secondary N) is 1. The highest BCUT2D eigenvalue weighted by Crippen LogP contribution is 2.61. The highest BCUT2D eigenvalue weighted by molar-refractivity contribution is 7.80. The number of fused-ring (bicyclic) bond motifs is 3. The number of amides is 2. The van der Waals surface area contributed by atoms with Crippen molar-refractivity contribution in [2.24, 2.45) is 5.41 Å². The lowest BCUT2D eigenvalue weighted by molar-refractivity contribution is -0.0530. The Bertz CT molecular complexity index is 912. The molecule has 3 N–H and O–H groups in total. The minimum atomic E-state index is -4.82. The van der Waals surface area contributed by atoms with Crippen molar-refractivity contribution in [2.45, 2.75) is 44.4 Å². The van der Waals surface area contributed by atoms with Gasteiger partial charge in [-0.2, -0.15) is 13.5 Å². The zero-order valence-electron chi connectivity index (χ0n) is 15.1. The molecule has 1 aromatic heterocycles. The van der Waals surface area contributed by atoms with Crippen LogP contribution in [0.2, 0.25) is 0 Å². The number of piperidine rings is 1. The summed E-state index contributed by atoms with van der Waals surface area (Å²) >= 11 is 0. The number of aliphatic hydroxyl groups excluding tert-OH is 1. The van der Waals surface area contributed by atoms with Crippen LogP contribution in [-0.4, -0.2) is 63.4 Å². The molecule has 13 heteroatoms. The SMILES string of the molecule is C=C(C)NCC(O)c1nnc([C@@H]2CC3(CC3)[C@@H]3CN2C(=O)N3OS(=O)(=O)O)o1. The average Bonchev–Trinajstić information content (AvgIpc) is 3.09. The normalized spacial score (nSPS) is 26.6. The first-order valence-corrected chi connectivity index (χ1v) is 10.1. The summed E-state index contributed by atoms with van der Waals surface area (Å²) in [5, 5.41) is 21.6. The van der Waals surface area contributed by atoms with Gasteiger partial charge in [-0.15, -0.1) is 14.5 Å². The van der Waals surface area contributed by atoms with Crippen LogP contribution in [-0.2, 0) is 14.7 Å². The molecule has 28 heavy (non-hydrogen) atoms. The number of aliphatic hydroxyl groups is 1. The van der Waals surface area contributed by atoms with Crippen LogP contribution in [0.4, 0.5) is 4.79 Å². The van der Waals surface area contributed by atoms with Crippen LogP contribution in [0.5, 0.6) is 0 Å². The fraction of sp³-hybridized carbons (Fsp3) is 0.667. The highest BCUT2D eigenvalue weighted by Gasteiger charge is 2.64. The maximum atomic E-state index is 12.7. The first kappa shape index (κ1) is 19.1. The van der Waals surface area contributed by atoms with E-state index in [1.54, 1.807) is 6.92 Å². The van der Waals surface area contributed by atoms with Crippen molar-refractivity contribution in [1.29, 1.82) is 0 Å². The van der Waals surface area contributed by atoms with Gasteiger partial charge in [0.25, 0.3) is 0 Å². The van der Waals surface area contributed by atoms with Gasteiger partial charge in [0.15, 0.2) is 0 Å². The molecule has 12 nitrogen and oxygen atoms in total. The third-order valence-electron chi connectivity index (χ3n) is 5.46. The lowest BCUT2D eigenvalue weighted by Crippen LogP contribution is -2.43. The number of allylic oxidation sites excluding steroid dienone is 1. The predicted molar refractivity (Wildman–Crippen MR) is 91.5 cm³/mol. The van der Waals surface area contributed by atoms with E-state index in [1.807, 2.05) is 0 Å². The maximum absolute atomic E-state index is 12.7. The van der Waals surface area contributed by atoms with Crippen molar-refractivity contribution in [1.82, 2.24) is 25.5 Å². The van der Waals surface area contributed by atoms with Crippen LogP contribution in [0.3, 0.4) is 0 Å². The quantitative estimate of drug-likeness (QED) is 0.528. The third-order valence-corrected chi connectivity index (χ3v) is 5.81. The fourth-order valence-corrected chi connectivity index (χ4v) is 4.28. The number of aromatic nitrogens is 2. The van der Waals surface area contributed by atoms with Crippen LogP contribution in [0.1, 0.15) is 50.1 Å².